The molecule has 0 bridgehead atoms. The smallest absolute Gasteiger partial charge is 0.272 e. The van der Waals surface area contributed by atoms with Gasteiger partial charge in [0.25, 0.3) is 5.91 Å². The maximum Gasteiger partial charge on any atom is 0.272 e. The van der Waals surface area contributed by atoms with Crippen molar-refractivity contribution in [3.8, 4) is 5.75 Å². The van der Waals surface area contributed by atoms with E-state index in [-0.39, 0.29) is 5.91 Å². The predicted octanol–water partition coefficient (Wildman–Crippen LogP) is 3.89. The highest BCUT2D eigenvalue weighted by Crippen LogP contribution is 2.27. The molecule has 0 fully saturated rings. The van der Waals surface area contributed by atoms with Crippen molar-refractivity contribution in [1.29, 1.82) is 0 Å². The lowest BCUT2D eigenvalue weighted by Gasteiger charge is -2.27. The monoisotopic (exact) mass is 457 g/mol. The summed E-state index contributed by atoms with van der Waals surface area (Å²) in [4.78, 5) is 15.6. The van der Waals surface area contributed by atoms with E-state index in [1.165, 1.54) is 22.2 Å². The van der Waals surface area contributed by atoms with Crippen LogP contribution < -0.4 is 10.1 Å². The van der Waals surface area contributed by atoms with Gasteiger partial charge in [0.2, 0.25) is 0 Å². The number of aromatic nitrogens is 3. The van der Waals surface area contributed by atoms with E-state index >= 15 is 0 Å². The molecule has 0 aliphatic carbocycles. The second-order valence-corrected chi connectivity index (χ2v) is 8.86. The molecule has 2 aromatic heterocycles. The molecule has 0 atom stereocenters. The highest BCUT2D eigenvalue weighted by molar-refractivity contribution is 5.94. The van der Waals surface area contributed by atoms with Gasteiger partial charge < -0.3 is 14.6 Å². The molecule has 176 valence electrons. The van der Waals surface area contributed by atoms with Gasteiger partial charge in [-0.15, -0.1) is 0 Å². The number of carbonyl (C=O) groups is 1. The van der Waals surface area contributed by atoms with Gasteiger partial charge >= 0.3 is 0 Å². The number of nitrogens with zero attached hydrogens (tertiary/aromatic N) is 4. The van der Waals surface area contributed by atoms with E-state index in [4.69, 9.17) is 9.84 Å². The Morgan fingerprint density at radius 2 is 1.94 bits per heavy atom. The van der Waals surface area contributed by atoms with Gasteiger partial charge in [-0.05, 0) is 36.2 Å². The summed E-state index contributed by atoms with van der Waals surface area (Å²) in [7, 11) is 3.74. The molecule has 0 unspecified atom stereocenters. The zero-order chi connectivity index (χ0) is 23.7. The van der Waals surface area contributed by atoms with Crippen LogP contribution in [-0.2, 0) is 39.6 Å². The molecule has 1 aliphatic rings. The molecule has 0 saturated heterocycles. The van der Waals surface area contributed by atoms with E-state index < -0.39 is 0 Å². The topological polar surface area (TPSA) is 64.3 Å². The molecular weight excluding hydrogens is 426 g/mol. The number of rotatable bonds is 7. The molecule has 4 aromatic rings. The zero-order valence-electron chi connectivity index (χ0n) is 20.0. The van der Waals surface area contributed by atoms with Gasteiger partial charge in [-0.3, -0.25) is 14.4 Å². The third-order valence-electron chi connectivity index (χ3n) is 6.71. The molecule has 1 aliphatic heterocycles. The fraction of sp³-hybridized carbons (Fsp3) is 0.333. The Morgan fingerprint density at radius 3 is 2.71 bits per heavy atom. The quantitative estimate of drug-likeness (QED) is 0.457. The molecule has 2 aromatic carbocycles. The number of hydrogen-bond acceptors (Lipinski definition) is 4. The zero-order valence-corrected chi connectivity index (χ0v) is 20.0. The first-order valence-electron chi connectivity index (χ1n) is 11.8. The van der Waals surface area contributed by atoms with Gasteiger partial charge in [0, 0.05) is 74.5 Å². The molecule has 1 amide bonds. The van der Waals surface area contributed by atoms with E-state index in [0.29, 0.717) is 12.2 Å². The molecule has 5 rings (SSSR count). The van der Waals surface area contributed by atoms with Crippen LogP contribution in [0.1, 0.15) is 39.8 Å². The standard InChI is InChI=1S/C27H31N5O2/c1-4-32-25-13-14-31(17-20-16-30(2)24-8-6-5-7-22(20)24)18-23(25)26(29-32)27(33)28-15-19-9-11-21(34-3)12-10-19/h5-12,16H,4,13-15,17-18H2,1-3H3,(H,28,33). The third kappa shape index (κ3) is 4.19. The van der Waals surface area contributed by atoms with Crippen LogP contribution in [0.3, 0.4) is 0 Å². The number of ether oxygens (including phenoxy) is 1. The number of carbonyl (C=O) groups excluding carboxylic acids is 1. The van der Waals surface area contributed by atoms with E-state index in [1.807, 2.05) is 28.9 Å². The van der Waals surface area contributed by atoms with Crippen molar-refractivity contribution in [2.24, 2.45) is 7.05 Å². The van der Waals surface area contributed by atoms with E-state index in [1.54, 1.807) is 7.11 Å². The van der Waals surface area contributed by atoms with E-state index in [0.717, 1.165) is 49.5 Å². The Bertz CT molecular complexity index is 1320. The Balaban J connectivity index is 1.34. The van der Waals surface area contributed by atoms with Crippen LogP contribution in [0.4, 0.5) is 0 Å². The van der Waals surface area contributed by atoms with Gasteiger partial charge in [-0.2, -0.15) is 5.10 Å². The lowest BCUT2D eigenvalue weighted by atomic mass is 10.0. The summed E-state index contributed by atoms with van der Waals surface area (Å²) in [6.07, 6.45) is 3.12. The minimum atomic E-state index is -0.119. The fourth-order valence-corrected chi connectivity index (χ4v) is 4.93. The highest BCUT2D eigenvalue weighted by Gasteiger charge is 2.28. The summed E-state index contributed by atoms with van der Waals surface area (Å²) in [6, 6.07) is 16.2. The average Bonchev–Trinajstić information content (AvgIpc) is 3.40. The number of benzene rings is 2. The normalized spacial score (nSPS) is 13.7. The van der Waals surface area contributed by atoms with Crippen molar-refractivity contribution < 1.29 is 9.53 Å². The Hall–Kier alpha value is -3.58. The summed E-state index contributed by atoms with van der Waals surface area (Å²) in [6.45, 7) is 5.83. The number of fused-ring (bicyclic) bond motifs is 2. The molecule has 3 heterocycles. The van der Waals surface area contributed by atoms with Crippen molar-refractivity contribution in [3.63, 3.8) is 0 Å². The van der Waals surface area contributed by atoms with Crippen LogP contribution in [-0.4, -0.2) is 38.8 Å². The first-order valence-corrected chi connectivity index (χ1v) is 11.8. The minimum absolute atomic E-state index is 0.119. The molecule has 1 N–H and O–H groups in total. The van der Waals surface area contributed by atoms with Crippen molar-refractivity contribution in [2.45, 2.75) is 39.5 Å². The van der Waals surface area contributed by atoms with Crippen LogP contribution in [0.15, 0.2) is 54.7 Å². The third-order valence-corrected chi connectivity index (χ3v) is 6.71. The van der Waals surface area contributed by atoms with Crippen LogP contribution >= 0.6 is 0 Å². The number of nitrogens with one attached hydrogen (secondary N) is 1. The van der Waals surface area contributed by atoms with E-state index in [2.05, 4.69) is 59.2 Å². The predicted molar refractivity (Wildman–Crippen MR) is 133 cm³/mol. The Morgan fingerprint density at radius 1 is 1.15 bits per heavy atom. The maximum atomic E-state index is 13.2. The molecular formula is C27H31N5O2. The number of aryl methyl sites for hydroxylation is 2. The van der Waals surface area contributed by atoms with Crippen molar-refractivity contribution >= 4 is 16.8 Å². The summed E-state index contributed by atoms with van der Waals surface area (Å²) in [5, 5.41) is 9.04. The van der Waals surface area contributed by atoms with Gasteiger partial charge in [0.15, 0.2) is 5.69 Å². The number of para-hydroxylation sites is 1. The molecule has 0 spiro atoms. The van der Waals surface area contributed by atoms with Gasteiger partial charge in [0.05, 0.1) is 7.11 Å². The largest absolute Gasteiger partial charge is 0.497 e. The average molecular weight is 458 g/mol. The number of methoxy groups -OCH3 is 1. The van der Waals surface area contributed by atoms with Gasteiger partial charge in [0.1, 0.15) is 5.75 Å². The van der Waals surface area contributed by atoms with E-state index in [9.17, 15) is 4.79 Å². The SMILES string of the molecule is CCn1nc(C(=O)NCc2ccc(OC)cc2)c2c1CCN(Cc1cn(C)c3ccccc13)C2. The summed E-state index contributed by atoms with van der Waals surface area (Å²) >= 11 is 0. The molecule has 34 heavy (non-hydrogen) atoms. The number of hydrogen-bond donors (Lipinski definition) is 1. The molecule has 0 saturated carbocycles. The van der Waals surface area contributed by atoms with Crippen LogP contribution in [0.5, 0.6) is 5.75 Å². The van der Waals surface area contributed by atoms with Crippen LogP contribution in [0.25, 0.3) is 10.9 Å². The number of amides is 1. The summed E-state index contributed by atoms with van der Waals surface area (Å²) < 4.78 is 9.39. The molecule has 7 heteroatoms. The minimum Gasteiger partial charge on any atom is -0.497 e. The van der Waals surface area contributed by atoms with Crippen LogP contribution in [0.2, 0.25) is 0 Å². The maximum absolute atomic E-state index is 13.2. The van der Waals surface area contributed by atoms with Crippen molar-refractivity contribution in [1.82, 2.24) is 24.6 Å². The van der Waals surface area contributed by atoms with Crippen molar-refractivity contribution in [2.75, 3.05) is 13.7 Å². The first-order chi connectivity index (χ1) is 16.6. The first kappa shape index (κ1) is 22.2. The van der Waals surface area contributed by atoms with Crippen LogP contribution in [0, 0.1) is 0 Å². The van der Waals surface area contributed by atoms with Gasteiger partial charge in [-0.25, -0.2) is 0 Å². The lowest BCUT2D eigenvalue weighted by molar-refractivity contribution is 0.0942. The molecule has 0 radical (unpaired) electrons. The Kier molecular flexibility index (Phi) is 6.11. The lowest BCUT2D eigenvalue weighted by Crippen LogP contribution is -2.32. The molecule has 7 nitrogen and oxygen atoms in total. The fourth-order valence-electron chi connectivity index (χ4n) is 4.93. The second-order valence-electron chi connectivity index (χ2n) is 8.86. The van der Waals surface area contributed by atoms with Gasteiger partial charge in [-0.1, -0.05) is 30.3 Å². The van der Waals surface area contributed by atoms with Crippen molar-refractivity contribution in [3.05, 3.63) is 82.8 Å². The highest BCUT2D eigenvalue weighted by atomic mass is 16.5. The second kappa shape index (κ2) is 9.35. The Labute approximate surface area is 199 Å². The summed E-state index contributed by atoms with van der Waals surface area (Å²) in [5.74, 6) is 0.684. The summed E-state index contributed by atoms with van der Waals surface area (Å²) in [5.41, 5.74) is 6.37.